The number of piperazine rings is 1. The SMILES string of the molecule is CC1CN(C(=O)O)CCN1c1c2c([nH]c(=O)c1C#N)CN(Cc1ccccc1)CC2. The van der Waals surface area contributed by atoms with Crippen LogP contribution in [0, 0.1) is 11.3 Å². The van der Waals surface area contributed by atoms with E-state index in [9.17, 15) is 20.0 Å². The van der Waals surface area contributed by atoms with Crippen LogP contribution in [0.2, 0.25) is 0 Å². The second-order valence-corrected chi connectivity index (χ2v) is 7.96. The minimum atomic E-state index is -0.938. The molecule has 8 heteroatoms. The highest BCUT2D eigenvalue weighted by molar-refractivity contribution is 5.68. The maximum Gasteiger partial charge on any atom is 0.407 e. The smallest absolute Gasteiger partial charge is 0.407 e. The third-order valence-corrected chi connectivity index (χ3v) is 5.98. The summed E-state index contributed by atoms with van der Waals surface area (Å²) in [5.74, 6) is 0. The zero-order valence-corrected chi connectivity index (χ0v) is 17.0. The van der Waals surface area contributed by atoms with Gasteiger partial charge in [-0.15, -0.1) is 0 Å². The van der Waals surface area contributed by atoms with E-state index >= 15 is 0 Å². The molecule has 1 amide bonds. The van der Waals surface area contributed by atoms with Gasteiger partial charge in [-0.3, -0.25) is 9.69 Å². The molecule has 156 valence electrons. The van der Waals surface area contributed by atoms with Crippen molar-refractivity contribution in [2.24, 2.45) is 0 Å². The Balaban J connectivity index is 1.65. The van der Waals surface area contributed by atoms with Crippen molar-refractivity contribution in [3.05, 3.63) is 63.1 Å². The number of carbonyl (C=O) groups is 1. The number of H-pyrrole nitrogens is 1. The summed E-state index contributed by atoms with van der Waals surface area (Å²) >= 11 is 0. The standard InChI is InChI=1S/C22H25N5O3/c1-15-12-26(22(29)30)9-10-27(15)20-17-7-8-25(13-16-5-3-2-4-6-16)14-19(17)24-21(28)18(20)11-23/h2-6,15H,7-10,12-14H2,1H3,(H,24,28)(H,29,30). The predicted octanol–water partition coefficient (Wildman–Crippen LogP) is 1.99. The van der Waals surface area contributed by atoms with Crippen LogP contribution in [0.25, 0.3) is 0 Å². The van der Waals surface area contributed by atoms with E-state index in [2.05, 4.69) is 28.1 Å². The lowest BCUT2D eigenvalue weighted by Gasteiger charge is -2.42. The van der Waals surface area contributed by atoms with Crippen LogP contribution >= 0.6 is 0 Å². The van der Waals surface area contributed by atoms with Gasteiger partial charge in [-0.2, -0.15) is 5.26 Å². The maximum atomic E-state index is 12.7. The number of amides is 1. The fraction of sp³-hybridized carbons (Fsp3) is 0.409. The van der Waals surface area contributed by atoms with E-state index < -0.39 is 6.09 Å². The molecule has 30 heavy (non-hydrogen) atoms. The number of pyridine rings is 1. The Hall–Kier alpha value is -3.31. The van der Waals surface area contributed by atoms with Gasteiger partial charge in [0.05, 0.1) is 5.69 Å². The zero-order valence-electron chi connectivity index (χ0n) is 17.0. The minimum absolute atomic E-state index is 0.116. The summed E-state index contributed by atoms with van der Waals surface area (Å²) < 4.78 is 0. The predicted molar refractivity (Wildman–Crippen MR) is 112 cm³/mol. The topological polar surface area (TPSA) is 104 Å². The Morgan fingerprint density at radius 3 is 2.70 bits per heavy atom. The van der Waals surface area contributed by atoms with E-state index in [1.165, 1.54) is 10.5 Å². The number of anilines is 1. The van der Waals surface area contributed by atoms with Gasteiger partial charge in [-0.1, -0.05) is 30.3 Å². The van der Waals surface area contributed by atoms with E-state index in [0.29, 0.717) is 31.9 Å². The molecule has 1 aromatic heterocycles. The normalized spacial score (nSPS) is 19.3. The van der Waals surface area contributed by atoms with Crippen molar-refractivity contribution >= 4 is 11.8 Å². The highest BCUT2D eigenvalue weighted by atomic mass is 16.4. The summed E-state index contributed by atoms with van der Waals surface area (Å²) in [7, 11) is 0. The molecule has 0 saturated carbocycles. The van der Waals surface area contributed by atoms with Gasteiger partial charge in [0, 0.05) is 51.0 Å². The molecule has 2 N–H and O–H groups in total. The first-order valence-electron chi connectivity index (χ1n) is 10.2. The van der Waals surface area contributed by atoms with Crippen LogP contribution in [0.3, 0.4) is 0 Å². The number of hydrogen-bond donors (Lipinski definition) is 2. The third kappa shape index (κ3) is 3.76. The van der Waals surface area contributed by atoms with Crippen LogP contribution in [0.4, 0.5) is 10.5 Å². The first kappa shape index (κ1) is 20.0. The largest absolute Gasteiger partial charge is 0.465 e. The van der Waals surface area contributed by atoms with Crippen molar-refractivity contribution in [2.45, 2.75) is 32.5 Å². The highest BCUT2D eigenvalue weighted by Gasteiger charge is 2.32. The van der Waals surface area contributed by atoms with Crippen LogP contribution in [-0.2, 0) is 19.5 Å². The van der Waals surface area contributed by atoms with Crippen molar-refractivity contribution in [3.8, 4) is 6.07 Å². The molecular weight excluding hydrogens is 382 g/mol. The number of rotatable bonds is 3. The Bertz CT molecular complexity index is 1040. The fourth-order valence-corrected chi connectivity index (χ4v) is 4.51. The van der Waals surface area contributed by atoms with Gasteiger partial charge in [0.1, 0.15) is 11.6 Å². The van der Waals surface area contributed by atoms with Crippen molar-refractivity contribution in [2.75, 3.05) is 31.1 Å². The van der Waals surface area contributed by atoms with Gasteiger partial charge in [-0.25, -0.2) is 4.79 Å². The van der Waals surface area contributed by atoms with E-state index in [1.54, 1.807) is 0 Å². The van der Waals surface area contributed by atoms with E-state index in [-0.39, 0.29) is 17.2 Å². The number of aromatic amines is 1. The number of carboxylic acid groups (broad SMARTS) is 1. The molecule has 4 rings (SSSR count). The molecule has 0 aliphatic carbocycles. The number of aromatic nitrogens is 1. The first-order chi connectivity index (χ1) is 14.5. The number of benzene rings is 1. The average Bonchev–Trinajstić information content (AvgIpc) is 2.73. The number of nitrogens with one attached hydrogen (secondary N) is 1. The highest BCUT2D eigenvalue weighted by Crippen LogP contribution is 2.32. The molecule has 1 unspecified atom stereocenters. The number of hydrogen-bond acceptors (Lipinski definition) is 5. The molecule has 3 heterocycles. The molecule has 1 fully saturated rings. The molecule has 0 radical (unpaired) electrons. The Morgan fingerprint density at radius 2 is 2.03 bits per heavy atom. The van der Waals surface area contributed by atoms with Crippen molar-refractivity contribution in [3.63, 3.8) is 0 Å². The quantitative estimate of drug-likeness (QED) is 0.807. The molecule has 8 nitrogen and oxygen atoms in total. The zero-order chi connectivity index (χ0) is 21.3. The summed E-state index contributed by atoms with van der Waals surface area (Å²) in [5, 5.41) is 19.0. The maximum absolute atomic E-state index is 12.7. The number of nitriles is 1. The monoisotopic (exact) mass is 407 g/mol. The van der Waals surface area contributed by atoms with Gasteiger partial charge >= 0.3 is 6.09 Å². The average molecular weight is 407 g/mol. The van der Waals surface area contributed by atoms with Crippen molar-refractivity contribution < 1.29 is 9.90 Å². The molecule has 1 saturated heterocycles. The third-order valence-electron chi connectivity index (χ3n) is 5.98. The molecule has 0 bridgehead atoms. The second kappa shape index (κ2) is 8.20. The molecule has 1 atom stereocenters. The van der Waals surface area contributed by atoms with Gasteiger partial charge in [0.25, 0.3) is 5.56 Å². The summed E-state index contributed by atoms with van der Waals surface area (Å²) in [5.41, 5.74) is 3.51. The Labute approximate surface area is 175 Å². The van der Waals surface area contributed by atoms with Crippen LogP contribution in [0.5, 0.6) is 0 Å². The van der Waals surface area contributed by atoms with Crippen LogP contribution in [-0.4, -0.2) is 58.2 Å². The summed E-state index contributed by atoms with van der Waals surface area (Å²) in [6.45, 7) is 5.34. The number of fused-ring (bicyclic) bond motifs is 1. The summed E-state index contributed by atoms with van der Waals surface area (Å²) in [6, 6.07) is 12.2. The molecule has 2 aliphatic heterocycles. The Kier molecular flexibility index (Phi) is 5.46. The fourth-order valence-electron chi connectivity index (χ4n) is 4.51. The molecule has 2 aliphatic rings. The summed E-state index contributed by atoms with van der Waals surface area (Å²) in [6.07, 6.45) is -0.207. The second-order valence-electron chi connectivity index (χ2n) is 7.96. The summed E-state index contributed by atoms with van der Waals surface area (Å²) in [4.78, 5) is 32.7. The molecule has 1 aromatic carbocycles. The van der Waals surface area contributed by atoms with E-state index in [1.807, 2.05) is 30.0 Å². The number of nitrogens with zero attached hydrogens (tertiary/aromatic N) is 4. The lowest BCUT2D eigenvalue weighted by molar-refractivity contribution is 0.136. The van der Waals surface area contributed by atoms with Crippen molar-refractivity contribution in [1.29, 1.82) is 5.26 Å². The van der Waals surface area contributed by atoms with Gasteiger partial charge in [-0.05, 0) is 24.5 Å². The Morgan fingerprint density at radius 1 is 1.27 bits per heavy atom. The minimum Gasteiger partial charge on any atom is -0.465 e. The lowest BCUT2D eigenvalue weighted by atomic mass is 9.97. The van der Waals surface area contributed by atoms with Gasteiger partial charge in [0.2, 0.25) is 0 Å². The van der Waals surface area contributed by atoms with Crippen LogP contribution in [0.15, 0.2) is 35.1 Å². The molecule has 2 aromatic rings. The van der Waals surface area contributed by atoms with Crippen LogP contribution in [0.1, 0.15) is 29.3 Å². The first-order valence-corrected chi connectivity index (χ1v) is 10.2. The van der Waals surface area contributed by atoms with E-state index in [0.717, 1.165) is 30.8 Å². The molecule has 0 spiro atoms. The molecular formula is C22H25N5O3. The van der Waals surface area contributed by atoms with Crippen LogP contribution < -0.4 is 10.5 Å². The van der Waals surface area contributed by atoms with Gasteiger partial charge < -0.3 is 19.9 Å². The van der Waals surface area contributed by atoms with Gasteiger partial charge in [0.15, 0.2) is 0 Å². The van der Waals surface area contributed by atoms with Crippen molar-refractivity contribution in [1.82, 2.24) is 14.8 Å². The lowest BCUT2D eigenvalue weighted by Crippen LogP contribution is -2.54. The van der Waals surface area contributed by atoms with E-state index in [4.69, 9.17) is 0 Å².